The zero-order valence-corrected chi connectivity index (χ0v) is 21.3. The third kappa shape index (κ3) is 6.97. The lowest BCUT2D eigenvalue weighted by Crippen LogP contribution is -3.00. The van der Waals surface area contributed by atoms with Gasteiger partial charge in [0.05, 0.1) is 22.1 Å². The lowest BCUT2D eigenvalue weighted by atomic mass is 10.1. The standard InChI is InChI=1S/C28H34N4.2ClH/c29-25-17-21-31(27-15-9-7-13-23(25)27)19-11-5-3-1-2-4-6-12-20-32-22-18-26(30)24-14-8-10-16-28(24)32;;/h7-10,13-18,21-22,29-30H,1-6,11-12,19-20H2;2*1H. The Morgan fingerprint density at radius 3 is 1.24 bits per heavy atom. The topological polar surface area (TPSA) is 59.8 Å². The Balaban J connectivity index is 0.00000204. The van der Waals surface area contributed by atoms with Crippen LogP contribution in [0, 0.1) is 0 Å². The smallest absolute Gasteiger partial charge is 0.214 e. The maximum absolute atomic E-state index is 6.11. The molecule has 0 aliphatic rings. The summed E-state index contributed by atoms with van der Waals surface area (Å²) in [6.07, 6.45) is 14.6. The number of fused-ring (bicyclic) bond motifs is 2. The van der Waals surface area contributed by atoms with Crippen LogP contribution in [0.3, 0.4) is 0 Å². The summed E-state index contributed by atoms with van der Waals surface area (Å²) in [4.78, 5) is 0. The number of hydrogen-bond acceptors (Lipinski definition) is 2. The third-order valence-electron chi connectivity index (χ3n) is 6.47. The highest BCUT2D eigenvalue weighted by atomic mass is 35.5. The quantitative estimate of drug-likeness (QED) is 0.217. The average Bonchev–Trinajstić information content (AvgIpc) is 2.83. The Bertz CT molecular complexity index is 1090. The minimum atomic E-state index is 0. The number of nitrogen functional groups attached to an aromatic ring is 2. The van der Waals surface area contributed by atoms with E-state index in [4.69, 9.17) is 11.5 Å². The molecule has 0 spiro atoms. The molecular weight excluding hydrogens is 463 g/mol. The van der Waals surface area contributed by atoms with Crippen LogP contribution < -0.4 is 45.4 Å². The average molecular weight is 500 g/mol. The summed E-state index contributed by atoms with van der Waals surface area (Å²) in [5, 5.41) is 2.31. The van der Waals surface area contributed by atoms with Crippen molar-refractivity contribution >= 4 is 33.2 Å². The van der Waals surface area contributed by atoms with Gasteiger partial charge in [0, 0.05) is 37.1 Å². The summed E-state index contributed by atoms with van der Waals surface area (Å²) in [7, 11) is 0. The lowest BCUT2D eigenvalue weighted by molar-refractivity contribution is -0.672. The number of unbranched alkanes of at least 4 members (excludes halogenated alkanes) is 7. The second kappa shape index (κ2) is 14.0. The maximum atomic E-state index is 6.11. The molecule has 0 unspecified atom stereocenters. The fraction of sp³-hybridized carbons (Fsp3) is 0.357. The van der Waals surface area contributed by atoms with Gasteiger partial charge in [0.2, 0.25) is 11.0 Å². The predicted molar refractivity (Wildman–Crippen MR) is 134 cm³/mol. The summed E-state index contributed by atoms with van der Waals surface area (Å²) in [6.45, 7) is 2.13. The van der Waals surface area contributed by atoms with Crippen LogP contribution in [-0.4, -0.2) is 0 Å². The van der Waals surface area contributed by atoms with Crippen molar-refractivity contribution < 1.29 is 33.9 Å². The van der Waals surface area contributed by atoms with E-state index in [2.05, 4.69) is 70.1 Å². The highest BCUT2D eigenvalue weighted by Gasteiger charge is 2.11. The van der Waals surface area contributed by atoms with E-state index in [0.29, 0.717) is 0 Å². The minimum absolute atomic E-state index is 0. The lowest BCUT2D eigenvalue weighted by Gasteiger charge is -2.05. The number of nitrogens with two attached hydrogens (primary N) is 2. The highest BCUT2D eigenvalue weighted by Crippen LogP contribution is 2.18. The molecule has 4 rings (SSSR count). The number of pyridine rings is 2. The van der Waals surface area contributed by atoms with Crippen molar-refractivity contribution in [2.75, 3.05) is 11.5 Å². The van der Waals surface area contributed by atoms with Crippen molar-refractivity contribution in [1.82, 2.24) is 0 Å². The van der Waals surface area contributed by atoms with Crippen molar-refractivity contribution in [2.24, 2.45) is 0 Å². The first-order valence-electron chi connectivity index (χ1n) is 12.1. The fourth-order valence-electron chi connectivity index (χ4n) is 4.63. The molecule has 182 valence electrons. The fourth-order valence-corrected chi connectivity index (χ4v) is 4.63. The van der Waals surface area contributed by atoms with Crippen LogP contribution in [0.2, 0.25) is 0 Å². The van der Waals surface area contributed by atoms with Crippen LogP contribution >= 0.6 is 0 Å². The van der Waals surface area contributed by atoms with Crippen LogP contribution in [0.4, 0.5) is 11.4 Å². The van der Waals surface area contributed by atoms with E-state index in [9.17, 15) is 0 Å². The number of aromatic nitrogens is 2. The Morgan fingerprint density at radius 1 is 0.471 bits per heavy atom. The van der Waals surface area contributed by atoms with Crippen molar-refractivity contribution in [1.29, 1.82) is 0 Å². The number of aryl methyl sites for hydroxylation is 2. The molecule has 0 atom stereocenters. The SMILES string of the molecule is Nc1cc[n+](CCCCCCCCCC[n+]2ccc(N)c3ccccc32)c2ccccc12.[Cl-].[Cl-]. The molecule has 0 fully saturated rings. The molecule has 34 heavy (non-hydrogen) atoms. The van der Waals surface area contributed by atoms with E-state index in [1.807, 2.05) is 12.1 Å². The van der Waals surface area contributed by atoms with E-state index in [1.54, 1.807) is 0 Å². The molecule has 0 saturated heterocycles. The molecule has 0 bridgehead atoms. The molecule has 2 aromatic heterocycles. The van der Waals surface area contributed by atoms with E-state index in [1.165, 1.54) is 62.4 Å². The zero-order valence-electron chi connectivity index (χ0n) is 19.8. The van der Waals surface area contributed by atoms with Gasteiger partial charge in [-0.3, -0.25) is 0 Å². The predicted octanol–water partition coefficient (Wildman–Crippen LogP) is -0.439. The van der Waals surface area contributed by atoms with Gasteiger partial charge in [0.1, 0.15) is 13.1 Å². The summed E-state index contributed by atoms with van der Waals surface area (Å²) in [5.41, 5.74) is 16.4. The second-order valence-electron chi connectivity index (χ2n) is 8.79. The molecule has 0 radical (unpaired) electrons. The second-order valence-corrected chi connectivity index (χ2v) is 8.79. The Kier molecular flexibility index (Phi) is 11.4. The first kappa shape index (κ1) is 27.7. The largest absolute Gasteiger partial charge is 1.00 e. The summed E-state index contributed by atoms with van der Waals surface area (Å²) in [5.74, 6) is 0. The van der Waals surface area contributed by atoms with Gasteiger partial charge in [-0.25, -0.2) is 0 Å². The number of benzene rings is 2. The molecule has 4 nitrogen and oxygen atoms in total. The van der Waals surface area contributed by atoms with Crippen LogP contribution in [0.5, 0.6) is 0 Å². The summed E-state index contributed by atoms with van der Waals surface area (Å²) >= 11 is 0. The molecule has 0 aliphatic heterocycles. The monoisotopic (exact) mass is 498 g/mol. The molecule has 4 aromatic rings. The van der Waals surface area contributed by atoms with E-state index in [0.717, 1.165) is 35.2 Å². The van der Waals surface area contributed by atoms with E-state index >= 15 is 0 Å². The minimum Gasteiger partial charge on any atom is -1.00 e. The molecule has 6 heteroatoms. The first-order chi connectivity index (χ1) is 15.7. The van der Waals surface area contributed by atoms with Crippen LogP contribution in [0.1, 0.15) is 51.4 Å². The first-order valence-corrected chi connectivity index (χ1v) is 12.1. The van der Waals surface area contributed by atoms with Gasteiger partial charge < -0.3 is 36.3 Å². The van der Waals surface area contributed by atoms with Crippen LogP contribution in [0.25, 0.3) is 21.8 Å². The van der Waals surface area contributed by atoms with Gasteiger partial charge in [-0.15, -0.1) is 0 Å². The Morgan fingerprint density at radius 2 is 0.824 bits per heavy atom. The van der Waals surface area contributed by atoms with Crippen LogP contribution in [0.15, 0.2) is 73.1 Å². The van der Waals surface area contributed by atoms with Gasteiger partial charge >= 0.3 is 0 Å². The van der Waals surface area contributed by atoms with E-state index in [-0.39, 0.29) is 24.8 Å². The zero-order chi connectivity index (χ0) is 22.2. The number of rotatable bonds is 11. The number of nitrogens with zero attached hydrogens (tertiary/aromatic N) is 2. The number of halogens is 2. The molecule has 4 N–H and O–H groups in total. The molecule has 0 saturated carbocycles. The Labute approximate surface area is 215 Å². The van der Waals surface area contributed by atoms with Crippen molar-refractivity contribution in [3.8, 4) is 0 Å². The normalized spacial score (nSPS) is 10.7. The van der Waals surface area contributed by atoms with E-state index < -0.39 is 0 Å². The van der Waals surface area contributed by atoms with Gasteiger partial charge in [-0.2, -0.15) is 9.13 Å². The van der Waals surface area contributed by atoms with Crippen molar-refractivity contribution in [3.05, 3.63) is 73.1 Å². The van der Waals surface area contributed by atoms with Gasteiger partial charge in [0.25, 0.3) is 0 Å². The van der Waals surface area contributed by atoms with Gasteiger partial charge in [-0.1, -0.05) is 49.9 Å². The molecule has 2 heterocycles. The molecule has 2 aromatic carbocycles. The number of hydrogen-bond donors (Lipinski definition) is 2. The molecular formula is C28H36Cl2N4. The summed E-state index contributed by atoms with van der Waals surface area (Å²) in [6, 6.07) is 20.9. The Hall–Kier alpha value is -2.56. The van der Waals surface area contributed by atoms with Crippen LogP contribution in [-0.2, 0) is 13.1 Å². The maximum Gasteiger partial charge on any atom is 0.214 e. The van der Waals surface area contributed by atoms with Gasteiger partial charge in [-0.05, 0) is 25.0 Å². The number of anilines is 2. The van der Waals surface area contributed by atoms with Crippen molar-refractivity contribution in [2.45, 2.75) is 64.5 Å². The van der Waals surface area contributed by atoms with Crippen molar-refractivity contribution in [3.63, 3.8) is 0 Å². The van der Waals surface area contributed by atoms with Gasteiger partial charge in [0.15, 0.2) is 12.4 Å². The molecule has 0 amide bonds. The number of para-hydroxylation sites is 2. The highest BCUT2D eigenvalue weighted by molar-refractivity contribution is 5.88. The third-order valence-corrected chi connectivity index (χ3v) is 6.47. The summed E-state index contributed by atoms with van der Waals surface area (Å²) < 4.78 is 4.68. The molecule has 0 aliphatic carbocycles.